The van der Waals surface area contributed by atoms with Crippen molar-refractivity contribution in [3.8, 4) is 0 Å². The van der Waals surface area contributed by atoms with Gasteiger partial charge in [0.2, 0.25) is 0 Å². The van der Waals surface area contributed by atoms with E-state index in [0.717, 1.165) is 21.5 Å². The van der Waals surface area contributed by atoms with Gasteiger partial charge >= 0.3 is 0 Å². The Bertz CT molecular complexity index is 616. The summed E-state index contributed by atoms with van der Waals surface area (Å²) in [6.45, 7) is 2.82. The van der Waals surface area contributed by atoms with Gasteiger partial charge in [0, 0.05) is 15.1 Å². The minimum Gasteiger partial charge on any atom is -0.384 e. The zero-order valence-electron chi connectivity index (χ0n) is 10.8. The highest BCUT2D eigenvalue weighted by Gasteiger charge is 2.09. The van der Waals surface area contributed by atoms with E-state index in [9.17, 15) is 4.79 Å². The van der Waals surface area contributed by atoms with Crippen LogP contribution in [0.2, 0.25) is 5.02 Å². The molecular formula is C14H13ClIN3O. The Balaban J connectivity index is 2.11. The van der Waals surface area contributed by atoms with E-state index in [4.69, 9.17) is 11.6 Å². The topological polar surface area (TPSA) is 54.0 Å². The monoisotopic (exact) mass is 401 g/mol. The third-order valence-electron chi connectivity index (χ3n) is 2.56. The lowest BCUT2D eigenvalue weighted by Crippen LogP contribution is -2.14. The number of anilines is 2. The molecule has 0 spiro atoms. The lowest BCUT2D eigenvalue weighted by atomic mass is 10.3. The largest absolute Gasteiger partial charge is 0.384 e. The molecule has 2 N–H and O–H groups in total. The van der Waals surface area contributed by atoms with Crippen LogP contribution in [-0.2, 0) is 0 Å². The van der Waals surface area contributed by atoms with Crippen molar-refractivity contribution < 1.29 is 4.79 Å². The number of carbonyl (C=O) groups is 1. The molecule has 0 radical (unpaired) electrons. The molecule has 104 valence electrons. The molecular weight excluding hydrogens is 389 g/mol. The molecule has 1 aromatic heterocycles. The summed E-state index contributed by atoms with van der Waals surface area (Å²) in [6.07, 6.45) is 1.64. The maximum Gasteiger partial charge on any atom is 0.274 e. The second-order valence-electron chi connectivity index (χ2n) is 4.04. The number of hydrogen-bond donors (Lipinski definition) is 2. The standard InChI is InChI=1S/C14H13ClIN3O/c1-2-17-10-4-6-13(18-8-10)14(20)19-12-5-3-9(15)7-11(12)16/h3-8,17H,2H2,1H3,(H,19,20). The Morgan fingerprint density at radius 2 is 2.15 bits per heavy atom. The van der Waals surface area contributed by atoms with E-state index in [1.165, 1.54) is 0 Å². The maximum absolute atomic E-state index is 12.1. The minimum absolute atomic E-state index is 0.242. The zero-order valence-corrected chi connectivity index (χ0v) is 13.7. The predicted octanol–water partition coefficient (Wildman–Crippen LogP) is 4.02. The number of aromatic nitrogens is 1. The van der Waals surface area contributed by atoms with Gasteiger partial charge in [-0.15, -0.1) is 0 Å². The summed E-state index contributed by atoms with van der Waals surface area (Å²) in [5.41, 5.74) is 1.99. The zero-order chi connectivity index (χ0) is 14.5. The first kappa shape index (κ1) is 15.1. The second kappa shape index (κ2) is 6.90. The Morgan fingerprint density at radius 1 is 1.35 bits per heavy atom. The molecule has 0 bridgehead atoms. The van der Waals surface area contributed by atoms with Gasteiger partial charge < -0.3 is 10.6 Å². The number of hydrogen-bond acceptors (Lipinski definition) is 3. The molecule has 0 aliphatic heterocycles. The number of nitrogens with one attached hydrogen (secondary N) is 2. The molecule has 4 nitrogen and oxygen atoms in total. The normalized spacial score (nSPS) is 10.2. The number of rotatable bonds is 4. The Kier molecular flexibility index (Phi) is 5.19. The predicted molar refractivity (Wildman–Crippen MR) is 90.5 cm³/mol. The number of nitrogens with zero attached hydrogens (tertiary/aromatic N) is 1. The van der Waals surface area contributed by atoms with Crippen molar-refractivity contribution in [2.24, 2.45) is 0 Å². The number of benzene rings is 1. The number of halogens is 2. The van der Waals surface area contributed by atoms with E-state index in [-0.39, 0.29) is 5.91 Å². The third kappa shape index (κ3) is 3.83. The van der Waals surface area contributed by atoms with Crippen molar-refractivity contribution >= 4 is 51.5 Å². The van der Waals surface area contributed by atoms with Crippen molar-refractivity contribution in [3.63, 3.8) is 0 Å². The van der Waals surface area contributed by atoms with Crippen LogP contribution in [0.5, 0.6) is 0 Å². The highest BCUT2D eigenvalue weighted by atomic mass is 127. The average molecular weight is 402 g/mol. The SMILES string of the molecule is CCNc1ccc(C(=O)Nc2ccc(Cl)cc2I)nc1. The molecule has 2 rings (SSSR count). The summed E-state index contributed by atoms with van der Waals surface area (Å²) < 4.78 is 0.882. The minimum atomic E-state index is -0.242. The van der Waals surface area contributed by atoms with Gasteiger partial charge in [-0.1, -0.05) is 11.6 Å². The van der Waals surface area contributed by atoms with Crippen molar-refractivity contribution in [2.75, 3.05) is 17.2 Å². The summed E-state index contributed by atoms with van der Waals surface area (Å²) in [7, 11) is 0. The second-order valence-corrected chi connectivity index (χ2v) is 5.64. The number of carbonyl (C=O) groups excluding carboxylic acids is 1. The summed E-state index contributed by atoms with van der Waals surface area (Å²) in [6, 6.07) is 8.82. The molecule has 0 unspecified atom stereocenters. The fourth-order valence-corrected chi connectivity index (χ4v) is 2.62. The average Bonchev–Trinajstić information content (AvgIpc) is 2.43. The maximum atomic E-state index is 12.1. The fraction of sp³-hybridized carbons (Fsp3) is 0.143. The van der Waals surface area contributed by atoms with Crippen LogP contribution in [0.3, 0.4) is 0 Å². The molecule has 1 aromatic carbocycles. The molecule has 0 aliphatic rings. The molecule has 0 atom stereocenters. The molecule has 0 saturated carbocycles. The molecule has 0 saturated heterocycles. The van der Waals surface area contributed by atoms with Crippen molar-refractivity contribution in [1.82, 2.24) is 4.98 Å². The number of amides is 1. The molecule has 1 amide bonds. The molecule has 20 heavy (non-hydrogen) atoms. The summed E-state index contributed by atoms with van der Waals surface area (Å²) >= 11 is 8.01. The first-order valence-electron chi connectivity index (χ1n) is 6.06. The Labute approximate surface area is 136 Å². The fourth-order valence-electron chi connectivity index (χ4n) is 1.61. The first-order chi connectivity index (χ1) is 9.60. The summed E-state index contributed by atoms with van der Waals surface area (Å²) in [5, 5.41) is 6.59. The van der Waals surface area contributed by atoms with Crippen LogP contribution in [-0.4, -0.2) is 17.4 Å². The highest BCUT2D eigenvalue weighted by molar-refractivity contribution is 14.1. The van der Waals surface area contributed by atoms with Crippen molar-refractivity contribution in [2.45, 2.75) is 6.92 Å². The third-order valence-corrected chi connectivity index (χ3v) is 3.68. The van der Waals surface area contributed by atoms with Crippen molar-refractivity contribution in [3.05, 3.63) is 50.8 Å². The summed E-state index contributed by atoms with van der Waals surface area (Å²) in [5.74, 6) is -0.242. The van der Waals surface area contributed by atoms with Crippen LogP contribution in [0.25, 0.3) is 0 Å². The van der Waals surface area contributed by atoms with Crippen LogP contribution in [0.1, 0.15) is 17.4 Å². The Morgan fingerprint density at radius 3 is 2.75 bits per heavy atom. The van der Waals surface area contributed by atoms with E-state index in [0.29, 0.717) is 10.7 Å². The first-order valence-corrected chi connectivity index (χ1v) is 7.52. The van der Waals surface area contributed by atoms with Crippen LogP contribution < -0.4 is 10.6 Å². The van der Waals surface area contributed by atoms with Crippen LogP contribution in [0, 0.1) is 3.57 Å². The number of pyridine rings is 1. The van der Waals surface area contributed by atoms with Crippen molar-refractivity contribution in [1.29, 1.82) is 0 Å². The molecule has 0 aliphatic carbocycles. The molecule has 2 aromatic rings. The van der Waals surface area contributed by atoms with E-state index in [1.54, 1.807) is 30.5 Å². The Hall–Kier alpha value is -1.34. The van der Waals surface area contributed by atoms with E-state index in [1.807, 2.05) is 13.0 Å². The van der Waals surface area contributed by atoms with Gasteiger partial charge in [-0.3, -0.25) is 4.79 Å². The molecule has 6 heteroatoms. The highest BCUT2D eigenvalue weighted by Crippen LogP contribution is 2.22. The summed E-state index contributed by atoms with van der Waals surface area (Å²) in [4.78, 5) is 16.2. The molecule has 0 fully saturated rings. The van der Waals surface area contributed by atoms with Gasteiger partial charge in [0.25, 0.3) is 5.91 Å². The van der Waals surface area contributed by atoms with E-state index >= 15 is 0 Å². The quantitative estimate of drug-likeness (QED) is 0.761. The van der Waals surface area contributed by atoms with Gasteiger partial charge in [-0.2, -0.15) is 0 Å². The smallest absolute Gasteiger partial charge is 0.274 e. The van der Waals surface area contributed by atoms with Gasteiger partial charge in [0.15, 0.2) is 0 Å². The van der Waals surface area contributed by atoms with Crippen LogP contribution in [0.15, 0.2) is 36.5 Å². The van der Waals surface area contributed by atoms with Gasteiger partial charge in [0.05, 0.1) is 17.6 Å². The lowest BCUT2D eigenvalue weighted by Gasteiger charge is -2.08. The molecule has 1 heterocycles. The van der Waals surface area contributed by atoms with Gasteiger partial charge in [0.1, 0.15) is 5.69 Å². The van der Waals surface area contributed by atoms with Gasteiger partial charge in [-0.25, -0.2) is 4.98 Å². The van der Waals surface area contributed by atoms with Crippen LogP contribution in [0.4, 0.5) is 11.4 Å². The van der Waals surface area contributed by atoms with Gasteiger partial charge in [-0.05, 0) is 59.8 Å². The van der Waals surface area contributed by atoms with E-state index < -0.39 is 0 Å². The van der Waals surface area contributed by atoms with E-state index in [2.05, 4.69) is 38.2 Å². The van der Waals surface area contributed by atoms with Crippen LogP contribution >= 0.6 is 34.2 Å². The lowest BCUT2D eigenvalue weighted by molar-refractivity contribution is 0.102.